The Morgan fingerprint density at radius 1 is 0.943 bits per heavy atom. The lowest BCUT2D eigenvalue weighted by atomic mass is 9.72. The second-order valence-corrected chi connectivity index (χ2v) is 10.5. The lowest BCUT2D eigenvalue weighted by Gasteiger charge is -2.37. The lowest BCUT2D eigenvalue weighted by molar-refractivity contribution is -0.127. The number of methoxy groups -OCH3 is 1. The van der Waals surface area contributed by atoms with Crippen molar-refractivity contribution >= 4 is 5.91 Å². The van der Waals surface area contributed by atoms with Crippen LogP contribution in [0.1, 0.15) is 51.4 Å². The molecule has 2 aliphatic heterocycles. The predicted octanol–water partition coefficient (Wildman–Crippen LogP) is 4.54. The average molecular weight is 482 g/mol. The summed E-state index contributed by atoms with van der Waals surface area (Å²) in [4.78, 5) is 17.0. The third-order valence-corrected chi connectivity index (χ3v) is 8.30. The maximum absolute atomic E-state index is 12.8. The first-order valence-electron chi connectivity index (χ1n) is 13.4. The minimum Gasteiger partial charge on any atom is -0.488 e. The smallest absolute Gasteiger partial charge is 0.248 e. The molecule has 35 heavy (non-hydrogen) atoms. The van der Waals surface area contributed by atoms with E-state index in [4.69, 9.17) is 9.47 Å². The van der Waals surface area contributed by atoms with Gasteiger partial charge in [-0.1, -0.05) is 25.8 Å². The minimum absolute atomic E-state index is 0.0526. The number of hydrogen-bond acceptors (Lipinski definition) is 5. The Labute approximate surface area is 211 Å². The third kappa shape index (κ3) is 6.89. The minimum atomic E-state index is 0.0526. The van der Waals surface area contributed by atoms with Crippen molar-refractivity contribution in [2.24, 2.45) is 11.8 Å². The third-order valence-electron chi connectivity index (χ3n) is 8.30. The summed E-state index contributed by atoms with van der Waals surface area (Å²) < 4.78 is 11.9. The maximum Gasteiger partial charge on any atom is 0.248 e. The van der Waals surface area contributed by atoms with Gasteiger partial charge in [-0.25, -0.2) is 0 Å². The fourth-order valence-electron chi connectivity index (χ4n) is 5.96. The van der Waals surface area contributed by atoms with E-state index in [2.05, 4.69) is 30.0 Å². The van der Waals surface area contributed by atoms with Gasteiger partial charge in [-0.05, 0) is 74.9 Å². The molecule has 0 unspecified atom stereocenters. The fourth-order valence-corrected chi connectivity index (χ4v) is 5.96. The largest absolute Gasteiger partial charge is 0.488 e. The standard InChI is InChI=1S/C29H43N3O3/c1-5-21(3)20-31-15-17-32(18-16-31)28(33)19-26-29(30-26)27(6-2)35-25-13-9-23(10-14-25)22-7-11-24(34-4)12-8-22/h5-6,19,22-25,30H,1-3,7-18,20H2,4H3/b26-19-,29-27+. The highest BCUT2D eigenvalue weighted by atomic mass is 16.5. The van der Waals surface area contributed by atoms with Crippen LogP contribution in [0.5, 0.6) is 0 Å². The number of allylic oxidation sites excluding steroid dienone is 1. The van der Waals surface area contributed by atoms with E-state index >= 15 is 0 Å². The highest BCUT2D eigenvalue weighted by molar-refractivity contribution is 5.90. The summed E-state index contributed by atoms with van der Waals surface area (Å²) in [5.74, 6) is 2.51. The van der Waals surface area contributed by atoms with Crippen LogP contribution in [0.25, 0.3) is 0 Å². The van der Waals surface area contributed by atoms with Gasteiger partial charge in [-0.3, -0.25) is 9.69 Å². The van der Waals surface area contributed by atoms with E-state index in [9.17, 15) is 4.79 Å². The molecule has 0 spiro atoms. The van der Waals surface area contributed by atoms with Gasteiger partial charge < -0.3 is 19.7 Å². The van der Waals surface area contributed by atoms with Gasteiger partial charge in [0.05, 0.1) is 17.9 Å². The molecule has 192 valence electrons. The average Bonchev–Trinajstić information content (AvgIpc) is 3.66. The van der Waals surface area contributed by atoms with Crippen molar-refractivity contribution in [2.45, 2.75) is 63.6 Å². The van der Waals surface area contributed by atoms with Gasteiger partial charge in [-0.2, -0.15) is 0 Å². The fraction of sp³-hybridized carbons (Fsp3) is 0.621. The topological polar surface area (TPSA) is 64.0 Å². The number of hydrogen-bond donors (Lipinski definition) is 1. The molecule has 0 bridgehead atoms. The van der Waals surface area contributed by atoms with Gasteiger partial charge in [0, 0.05) is 45.9 Å². The van der Waals surface area contributed by atoms with Crippen LogP contribution in [-0.2, 0) is 14.3 Å². The highest BCUT2D eigenvalue weighted by Gasteiger charge is 2.33. The van der Waals surface area contributed by atoms with Gasteiger partial charge in [0.15, 0.2) is 0 Å². The monoisotopic (exact) mass is 481 g/mol. The number of carbonyl (C=O) groups excluding carboxylic acids is 1. The van der Waals surface area contributed by atoms with Crippen LogP contribution in [0.2, 0.25) is 0 Å². The molecule has 2 aliphatic carbocycles. The second-order valence-electron chi connectivity index (χ2n) is 10.5. The summed E-state index contributed by atoms with van der Waals surface area (Å²) in [7, 11) is 1.84. The molecule has 4 aliphatic rings. The van der Waals surface area contributed by atoms with Gasteiger partial charge in [0.2, 0.25) is 5.91 Å². The molecule has 4 rings (SSSR count). The number of rotatable bonds is 9. The lowest BCUT2D eigenvalue weighted by Crippen LogP contribution is -2.48. The summed E-state index contributed by atoms with van der Waals surface area (Å²) >= 11 is 0. The van der Waals surface area contributed by atoms with Gasteiger partial charge in [0.25, 0.3) is 0 Å². The van der Waals surface area contributed by atoms with E-state index in [-0.39, 0.29) is 12.0 Å². The number of nitrogens with zero attached hydrogens (tertiary/aromatic N) is 2. The summed E-state index contributed by atoms with van der Waals surface area (Å²) in [6.45, 7) is 15.7. The molecule has 6 nitrogen and oxygen atoms in total. The maximum atomic E-state index is 12.8. The first-order chi connectivity index (χ1) is 17.0. The molecule has 2 heterocycles. The number of ether oxygens (including phenoxy) is 2. The molecule has 4 fully saturated rings. The molecule has 0 aromatic rings. The van der Waals surface area contributed by atoms with E-state index in [1.807, 2.05) is 12.0 Å². The van der Waals surface area contributed by atoms with E-state index in [0.29, 0.717) is 6.10 Å². The number of piperazine rings is 1. The van der Waals surface area contributed by atoms with E-state index in [1.165, 1.54) is 38.5 Å². The molecule has 1 N–H and O–H groups in total. The first-order valence-corrected chi connectivity index (χ1v) is 13.4. The van der Waals surface area contributed by atoms with Crippen LogP contribution in [-0.4, -0.2) is 67.7 Å². The Morgan fingerprint density at radius 2 is 1.54 bits per heavy atom. The van der Waals surface area contributed by atoms with Gasteiger partial charge in [0.1, 0.15) is 11.5 Å². The van der Waals surface area contributed by atoms with Crippen LogP contribution < -0.4 is 5.32 Å². The first kappa shape index (κ1) is 25.8. The Kier molecular flexibility index (Phi) is 8.90. The molecular weight excluding hydrogens is 438 g/mol. The van der Waals surface area contributed by atoms with E-state index in [0.717, 1.165) is 80.1 Å². The Balaban J connectivity index is 1.22. The molecule has 1 amide bonds. The van der Waals surface area contributed by atoms with Crippen LogP contribution in [0, 0.1) is 11.8 Å². The molecule has 0 atom stereocenters. The number of nitrogens with one attached hydrogen (secondary N) is 1. The van der Waals surface area contributed by atoms with Crippen molar-refractivity contribution < 1.29 is 14.3 Å². The predicted molar refractivity (Wildman–Crippen MR) is 140 cm³/mol. The molecular formula is C29H43N3O3. The van der Waals surface area contributed by atoms with Crippen LogP contribution >= 0.6 is 0 Å². The molecule has 0 radical (unpaired) electrons. The number of amides is 1. The van der Waals surface area contributed by atoms with Crippen LogP contribution in [0.15, 0.2) is 60.7 Å². The molecule has 2 saturated carbocycles. The second kappa shape index (κ2) is 12.1. The van der Waals surface area contributed by atoms with Crippen molar-refractivity contribution in [1.82, 2.24) is 15.1 Å². The highest BCUT2D eigenvalue weighted by Crippen LogP contribution is 2.40. The van der Waals surface area contributed by atoms with Gasteiger partial charge in [-0.15, -0.1) is 0 Å². The van der Waals surface area contributed by atoms with Crippen molar-refractivity contribution in [1.29, 1.82) is 0 Å². The quantitative estimate of drug-likeness (QED) is 0.227. The summed E-state index contributed by atoms with van der Waals surface area (Å²) in [5.41, 5.74) is 2.79. The van der Waals surface area contributed by atoms with E-state index in [1.54, 1.807) is 18.2 Å². The van der Waals surface area contributed by atoms with E-state index < -0.39 is 0 Å². The van der Waals surface area contributed by atoms with Crippen LogP contribution in [0.3, 0.4) is 0 Å². The van der Waals surface area contributed by atoms with Crippen LogP contribution in [0.4, 0.5) is 0 Å². The van der Waals surface area contributed by atoms with Crippen molar-refractivity contribution in [2.75, 3.05) is 39.8 Å². The Hall–Kier alpha value is -2.31. The van der Waals surface area contributed by atoms with Crippen molar-refractivity contribution in [3.63, 3.8) is 0 Å². The summed E-state index contributed by atoms with van der Waals surface area (Å²) in [6, 6.07) is 0. The van der Waals surface area contributed by atoms with Crippen molar-refractivity contribution in [3.05, 3.63) is 60.7 Å². The van der Waals surface area contributed by atoms with Gasteiger partial charge >= 0.3 is 0 Å². The molecule has 2 saturated heterocycles. The summed E-state index contributed by atoms with van der Waals surface area (Å²) in [6.07, 6.45) is 15.7. The summed E-state index contributed by atoms with van der Waals surface area (Å²) in [5, 5.41) is 3.24. The number of carbonyl (C=O) groups is 1. The zero-order chi connectivity index (χ0) is 24.8. The normalized spacial score (nSPS) is 31.9. The zero-order valence-corrected chi connectivity index (χ0v) is 21.5. The SMILES string of the molecule is C=CC(=C)CN1CCN(C(=O)/C=C2\N\C2=C(/C=C)OC2CCC(C3CCC(OC)CC3)CC2)CC1. The molecule has 0 aromatic heterocycles. The zero-order valence-electron chi connectivity index (χ0n) is 21.5. The Morgan fingerprint density at radius 3 is 2.09 bits per heavy atom. The van der Waals surface area contributed by atoms with Crippen molar-refractivity contribution in [3.8, 4) is 0 Å². The molecule has 0 aromatic carbocycles. The Bertz CT molecular complexity index is 852. The molecule has 6 heteroatoms.